The molecular weight excluding hydrogens is 390 g/mol. The van der Waals surface area contributed by atoms with Crippen molar-refractivity contribution in [1.29, 1.82) is 0 Å². The molecule has 6 nitrogen and oxygen atoms in total. The van der Waals surface area contributed by atoms with E-state index in [4.69, 9.17) is 4.74 Å². The third-order valence-corrected chi connectivity index (χ3v) is 6.25. The first-order valence-electron chi connectivity index (χ1n) is 11.0. The van der Waals surface area contributed by atoms with Crippen molar-refractivity contribution in [2.24, 2.45) is 0 Å². The number of esters is 1. The quantitative estimate of drug-likeness (QED) is 0.652. The Kier molecular flexibility index (Phi) is 6.58. The summed E-state index contributed by atoms with van der Waals surface area (Å²) < 4.78 is 7.19. The smallest absolute Gasteiger partial charge is 0.338 e. The Morgan fingerprint density at radius 1 is 1.03 bits per heavy atom. The van der Waals surface area contributed by atoms with Crippen molar-refractivity contribution in [3.63, 3.8) is 0 Å². The third-order valence-electron chi connectivity index (χ3n) is 6.25. The number of ether oxygens (including phenoxy) is 1. The Hall–Kier alpha value is -3.02. The summed E-state index contributed by atoms with van der Waals surface area (Å²) in [5.41, 5.74) is 4.80. The predicted molar refractivity (Wildman–Crippen MR) is 126 cm³/mol. The van der Waals surface area contributed by atoms with Gasteiger partial charge in [-0.2, -0.15) is 0 Å². The largest absolute Gasteiger partial charge is 0.463 e. The van der Waals surface area contributed by atoms with Crippen LogP contribution in [0.4, 0.5) is 11.5 Å². The number of anilines is 2. The molecule has 1 unspecified atom stereocenters. The van der Waals surface area contributed by atoms with Gasteiger partial charge in [0, 0.05) is 37.0 Å². The van der Waals surface area contributed by atoms with Crippen LogP contribution in [0.5, 0.6) is 0 Å². The molecule has 0 radical (unpaired) electrons. The average molecular weight is 424 g/mol. The van der Waals surface area contributed by atoms with Gasteiger partial charge in [0.2, 0.25) is 0 Å². The lowest BCUT2D eigenvalue weighted by Gasteiger charge is -2.40. The van der Waals surface area contributed by atoms with Gasteiger partial charge in [-0.05, 0) is 47.1 Å². The number of aromatic nitrogens is 1. The molecule has 166 valence electrons. The third kappa shape index (κ3) is 3.64. The molecule has 6 heteroatoms. The molecule has 3 rings (SSSR count). The molecule has 0 N–H and O–H groups in total. The SMILES string of the molecule is CCOC(=O)C1=C(C)N(C)c2c(C)c(N(CC)CC)c(C)c(=O)n2C1c1ccccc1. The summed E-state index contributed by atoms with van der Waals surface area (Å²) in [4.78, 5) is 31.1. The van der Waals surface area contributed by atoms with Crippen LogP contribution in [-0.2, 0) is 9.53 Å². The molecule has 0 amide bonds. The Morgan fingerprint density at radius 3 is 2.19 bits per heavy atom. The van der Waals surface area contributed by atoms with E-state index in [0.29, 0.717) is 11.1 Å². The number of hydrogen-bond donors (Lipinski definition) is 0. The zero-order valence-corrected chi connectivity index (χ0v) is 19.7. The van der Waals surface area contributed by atoms with Gasteiger partial charge in [-0.25, -0.2) is 4.79 Å². The first-order valence-corrected chi connectivity index (χ1v) is 11.0. The van der Waals surface area contributed by atoms with Crippen molar-refractivity contribution in [3.05, 3.63) is 68.6 Å². The highest BCUT2D eigenvalue weighted by Crippen LogP contribution is 2.42. The summed E-state index contributed by atoms with van der Waals surface area (Å²) in [7, 11) is 1.91. The highest BCUT2D eigenvalue weighted by molar-refractivity contribution is 5.93. The van der Waals surface area contributed by atoms with Gasteiger partial charge in [0.1, 0.15) is 5.82 Å². The van der Waals surface area contributed by atoms with Crippen molar-refractivity contribution < 1.29 is 9.53 Å². The maximum absolute atomic E-state index is 13.8. The monoisotopic (exact) mass is 423 g/mol. The van der Waals surface area contributed by atoms with E-state index in [1.807, 2.05) is 56.1 Å². The fourth-order valence-corrected chi connectivity index (χ4v) is 4.70. The fourth-order valence-electron chi connectivity index (χ4n) is 4.70. The molecule has 1 aliphatic rings. The summed E-state index contributed by atoms with van der Waals surface area (Å²) in [6, 6.07) is 9.18. The van der Waals surface area contributed by atoms with Crippen molar-refractivity contribution in [2.75, 3.05) is 36.5 Å². The predicted octanol–water partition coefficient (Wildman–Crippen LogP) is 4.19. The van der Waals surface area contributed by atoms with Crippen LogP contribution in [-0.4, -0.2) is 37.3 Å². The first kappa shape index (κ1) is 22.7. The number of rotatable bonds is 6. The molecule has 2 heterocycles. The van der Waals surface area contributed by atoms with E-state index in [1.165, 1.54) is 0 Å². The van der Waals surface area contributed by atoms with Crippen LogP contribution in [0.25, 0.3) is 0 Å². The molecule has 0 aliphatic carbocycles. The van der Waals surface area contributed by atoms with Crippen LogP contribution < -0.4 is 15.4 Å². The number of hydrogen-bond acceptors (Lipinski definition) is 5. The van der Waals surface area contributed by atoms with Gasteiger partial charge in [0.25, 0.3) is 5.56 Å². The van der Waals surface area contributed by atoms with Crippen LogP contribution in [0.2, 0.25) is 0 Å². The van der Waals surface area contributed by atoms with Crippen LogP contribution >= 0.6 is 0 Å². The fraction of sp³-hybridized carbons (Fsp3) is 0.440. The molecule has 0 fully saturated rings. The van der Waals surface area contributed by atoms with Gasteiger partial charge in [0.05, 0.1) is 23.9 Å². The maximum atomic E-state index is 13.8. The van der Waals surface area contributed by atoms with Crippen molar-refractivity contribution >= 4 is 17.5 Å². The van der Waals surface area contributed by atoms with Gasteiger partial charge in [-0.1, -0.05) is 30.3 Å². The number of carbonyl (C=O) groups excluding carboxylic acids is 1. The van der Waals surface area contributed by atoms with Crippen molar-refractivity contribution in [1.82, 2.24) is 4.57 Å². The highest BCUT2D eigenvalue weighted by atomic mass is 16.5. The number of allylic oxidation sites excluding steroid dienone is 1. The van der Waals surface area contributed by atoms with E-state index in [1.54, 1.807) is 11.5 Å². The molecule has 0 spiro atoms. The van der Waals surface area contributed by atoms with E-state index in [-0.39, 0.29) is 18.1 Å². The first-order chi connectivity index (χ1) is 14.8. The van der Waals surface area contributed by atoms with Gasteiger partial charge >= 0.3 is 5.97 Å². The molecule has 31 heavy (non-hydrogen) atoms. The summed E-state index contributed by atoms with van der Waals surface area (Å²) >= 11 is 0. The second-order valence-electron chi connectivity index (χ2n) is 7.86. The summed E-state index contributed by atoms with van der Waals surface area (Å²) in [6.45, 7) is 13.8. The number of pyridine rings is 1. The molecule has 1 aromatic heterocycles. The lowest BCUT2D eigenvalue weighted by atomic mass is 9.92. The minimum Gasteiger partial charge on any atom is -0.463 e. The number of fused-ring (bicyclic) bond motifs is 1. The van der Waals surface area contributed by atoms with Crippen molar-refractivity contribution in [3.8, 4) is 0 Å². The Balaban J connectivity index is 2.42. The van der Waals surface area contributed by atoms with E-state index in [2.05, 4.69) is 25.7 Å². The molecule has 1 aromatic carbocycles. The van der Waals surface area contributed by atoms with E-state index in [0.717, 1.165) is 41.4 Å². The van der Waals surface area contributed by atoms with E-state index in [9.17, 15) is 9.59 Å². The molecule has 0 bridgehead atoms. The zero-order valence-electron chi connectivity index (χ0n) is 19.7. The highest BCUT2D eigenvalue weighted by Gasteiger charge is 2.38. The van der Waals surface area contributed by atoms with Gasteiger partial charge in [-0.15, -0.1) is 0 Å². The molecule has 1 aliphatic heterocycles. The normalized spacial score (nSPS) is 15.7. The summed E-state index contributed by atoms with van der Waals surface area (Å²) in [6.07, 6.45) is 0. The van der Waals surface area contributed by atoms with E-state index >= 15 is 0 Å². The summed E-state index contributed by atoms with van der Waals surface area (Å²) in [5, 5.41) is 0. The van der Waals surface area contributed by atoms with Crippen LogP contribution in [0.3, 0.4) is 0 Å². The molecular formula is C25H33N3O3. The Labute approximate surface area is 184 Å². The van der Waals surface area contributed by atoms with Crippen LogP contribution in [0, 0.1) is 13.8 Å². The molecule has 1 atom stereocenters. The number of nitrogens with zero attached hydrogens (tertiary/aromatic N) is 3. The standard InChI is InChI=1S/C25H33N3O3/c1-8-27(9-2)21-16(4)23-26(7)18(6)20(25(30)31-10-3)22(19-14-12-11-13-15-19)28(23)24(29)17(21)5/h11-15,22H,8-10H2,1-7H3. The lowest BCUT2D eigenvalue weighted by molar-refractivity contribution is -0.139. The number of benzene rings is 1. The number of carbonyl (C=O) groups is 1. The van der Waals surface area contributed by atoms with Gasteiger partial charge in [0.15, 0.2) is 0 Å². The molecule has 0 saturated heterocycles. The van der Waals surface area contributed by atoms with Gasteiger partial charge in [-0.3, -0.25) is 9.36 Å². The average Bonchev–Trinajstić information content (AvgIpc) is 2.77. The molecule has 0 saturated carbocycles. The van der Waals surface area contributed by atoms with Crippen molar-refractivity contribution in [2.45, 2.75) is 47.6 Å². The zero-order chi connectivity index (χ0) is 22.9. The second-order valence-corrected chi connectivity index (χ2v) is 7.86. The van der Waals surface area contributed by atoms with Crippen LogP contribution in [0.1, 0.15) is 50.4 Å². The second kappa shape index (κ2) is 9.00. The minimum atomic E-state index is -0.540. The summed E-state index contributed by atoms with van der Waals surface area (Å²) in [5.74, 6) is 0.429. The Morgan fingerprint density at radius 2 is 1.65 bits per heavy atom. The minimum absolute atomic E-state index is 0.0856. The van der Waals surface area contributed by atoms with E-state index < -0.39 is 6.04 Å². The van der Waals surface area contributed by atoms with Gasteiger partial charge < -0.3 is 14.5 Å². The topological polar surface area (TPSA) is 54.8 Å². The maximum Gasteiger partial charge on any atom is 0.338 e. The Bertz CT molecular complexity index is 1070. The van der Waals surface area contributed by atoms with Crippen LogP contribution in [0.15, 0.2) is 46.4 Å². The molecule has 2 aromatic rings. The lowest BCUT2D eigenvalue weighted by Crippen LogP contribution is -2.42.